The first-order valence-corrected chi connectivity index (χ1v) is 12.9. The minimum absolute atomic E-state index is 0.0221. The van der Waals surface area contributed by atoms with E-state index in [9.17, 15) is 19.5 Å². The molecule has 0 aromatic heterocycles. The fourth-order valence-corrected chi connectivity index (χ4v) is 6.61. The second-order valence-electron chi connectivity index (χ2n) is 11.1. The van der Waals surface area contributed by atoms with Gasteiger partial charge in [-0.3, -0.25) is 14.4 Å². The van der Waals surface area contributed by atoms with Gasteiger partial charge in [0, 0.05) is 31.7 Å². The van der Waals surface area contributed by atoms with Crippen LogP contribution in [-0.4, -0.2) is 93.1 Å². The van der Waals surface area contributed by atoms with Crippen LogP contribution in [0.4, 0.5) is 0 Å². The van der Waals surface area contributed by atoms with Gasteiger partial charge in [0.2, 0.25) is 17.7 Å². The molecule has 1 spiro atoms. The van der Waals surface area contributed by atoms with Crippen LogP contribution in [0.5, 0.6) is 0 Å². The van der Waals surface area contributed by atoms with E-state index in [0.29, 0.717) is 38.9 Å². The predicted molar refractivity (Wildman–Crippen MR) is 134 cm³/mol. The van der Waals surface area contributed by atoms with E-state index < -0.39 is 34.6 Å². The van der Waals surface area contributed by atoms with E-state index in [1.165, 1.54) is 4.90 Å². The van der Waals surface area contributed by atoms with Crippen LogP contribution in [0.3, 0.4) is 0 Å². The molecule has 3 fully saturated rings. The maximum Gasteiger partial charge on any atom is 0.249 e. The molecule has 2 unspecified atom stereocenters. The van der Waals surface area contributed by atoms with Crippen molar-refractivity contribution in [1.82, 2.24) is 14.7 Å². The van der Waals surface area contributed by atoms with E-state index in [4.69, 9.17) is 4.74 Å². The summed E-state index contributed by atoms with van der Waals surface area (Å²) >= 11 is 0. The molecule has 3 aliphatic rings. The second-order valence-corrected chi connectivity index (χ2v) is 11.1. The molecule has 0 aromatic rings. The lowest BCUT2D eigenvalue weighted by molar-refractivity contribution is -0.157. The standard InChI is InChI=1S/C27H43N3O5/c1-8-14-28(15-9-2)22(32)19-20-23(33)29(17-18-31)21(24(34)30(16-10-3)25(5,6)7)27(20)13-12-26(19,11-4)35-27/h8,10,19-21,31H,1,3,9,11-18H2,2,4-7H3/t19-,20+,21?,26+,27?/m1/s1. The number of likely N-dealkylation sites (tertiary alicyclic amines) is 1. The van der Waals surface area contributed by atoms with Gasteiger partial charge in [0.25, 0.3) is 0 Å². The quantitative estimate of drug-likeness (QED) is 0.450. The van der Waals surface area contributed by atoms with Crippen LogP contribution in [-0.2, 0) is 19.1 Å². The first-order valence-electron chi connectivity index (χ1n) is 12.9. The van der Waals surface area contributed by atoms with Crippen LogP contribution in [0.2, 0.25) is 0 Å². The van der Waals surface area contributed by atoms with Crippen molar-refractivity contribution in [2.24, 2.45) is 11.8 Å². The van der Waals surface area contributed by atoms with Gasteiger partial charge in [0.1, 0.15) is 11.6 Å². The predicted octanol–water partition coefficient (Wildman–Crippen LogP) is 2.37. The molecular formula is C27H43N3O5. The summed E-state index contributed by atoms with van der Waals surface area (Å²) in [4.78, 5) is 47.0. The van der Waals surface area contributed by atoms with Crippen molar-refractivity contribution in [2.75, 3.05) is 32.8 Å². The first kappa shape index (κ1) is 27.4. The highest BCUT2D eigenvalue weighted by Gasteiger charge is 2.79. The van der Waals surface area contributed by atoms with Gasteiger partial charge in [-0.2, -0.15) is 0 Å². The van der Waals surface area contributed by atoms with Crippen molar-refractivity contribution in [3.63, 3.8) is 0 Å². The number of carbonyl (C=O) groups excluding carboxylic acids is 3. The number of nitrogens with zero attached hydrogens (tertiary/aromatic N) is 3. The minimum atomic E-state index is -1.09. The SMILES string of the molecule is C=CCN(CCC)C(=O)[C@H]1[C@H]2C(=O)N(CCO)C(C(=O)N(CC=C)C(C)(C)C)C23CC[C@]1(CC)O3. The van der Waals surface area contributed by atoms with Crippen LogP contribution < -0.4 is 0 Å². The fourth-order valence-electron chi connectivity index (χ4n) is 6.61. The van der Waals surface area contributed by atoms with Gasteiger partial charge in [-0.25, -0.2) is 0 Å². The fraction of sp³-hybridized carbons (Fsp3) is 0.741. The topological polar surface area (TPSA) is 90.4 Å². The van der Waals surface area contributed by atoms with Crippen molar-refractivity contribution < 1.29 is 24.2 Å². The number of hydrogen-bond acceptors (Lipinski definition) is 5. The smallest absolute Gasteiger partial charge is 0.249 e. The molecule has 5 atom stereocenters. The summed E-state index contributed by atoms with van der Waals surface area (Å²) in [5.41, 5.74) is -2.38. The maximum absolute atomic E-state index is 14.2. The van der Waals surface area contributed by atoms with Crippen LogP contribution >= 0.6 is 0 Å². The summed E-state index contributed by atoms with van der Waals surface area (Å²) in [7, 11) is 0. The van der Waals surface area contributed by atoms with Gasteiger partial charge in [0.05, 0.1) is 24.0 Å². The monoisotopic (exact) mass is 489 g/mol. The first-order chi connectivity index (χ1) is 16.5. The van der Waals surface area contributed by atoms with Crippen molar-refractivity contribution in [3.8, 4) is 0 Å². The van der Waals surface area contributed by atoms with Crippen LogP contribution in [0.1, 0.15) is 60.3 Å². The Balaban J connectivity index is 2.13. The third-order valence-electron chi connectivity index (χ3n) is 8.06. The number of fused-ring (bicyclic) bond motifs is 1. The van der Waals surface area contributed by atoms with Crippen LogP contribution in [0.15, 0.2) is 25.3 Å². The summed E-state index contributed by atoms with van der Waals surface area (Å²) in [6.07, 6.45) is 5.89. The van der Waals surface area contributed by atoms with Gasteiger partial charge in [-0.15, -0.1) is 13.2 Å². The summed E-state index contributed by atoms with van der Waals surface area (Å²) in [5, 5.41) is 9.81. The number of carbonyl (C=O) groups is 3. The van der Waals surface area contributed by atoms with E-state index >= 15 is 0 Å². The summed E-state index contributed by atoms with van der Waals surface area (Å²) in [6, 6.07) is -0.892. The highest BCUT2D eigenvalue weighted by molar-refractivity contribution is 5.99. The molecule has 3 heterocycles. The number of β-amino-alcohol motifs (C(OH)–C–C–N with tert-alkyl or cyclic N) is 1. The lowest BCUT2D eigenvalue weighted by atomic mass is 9.64. The highest BCUT2D eigenvalue weighted by Crippen LogP contribution is 2.64. The number of ether oxygens (including phenoxy) is 1. The van der Waals surface area contributed by atoms with E-state index in [2.05, 4.69) is 13.2 Å². The zero-order valence-electron chi connectivity index (χ0n) is 22.1. The van der Waals surface area contributed by atoms with Gasteiger partial charge in [-0.05, 0) is 46.5 Å². The molecule has 35 heavy (non-hydrogen) atoms. The van der Waals surface area contributed by atoms with Gasteiger partial charge in [-0.1, -0.05) is 26.0 Å². The zero-order chi connectivity index (χ0) is 26.2. The highest BCUT2D eigenvalue weighted by atomic mass is 16.5. The second kappa shape index (κ2) is 10.1. The molecule has 3 rings (SSSR count). The normalized spacial score (nSPS) is 31.4. The van der Waals surface area contributed by atoms with Crippen molar-refractivity contribution in [2.45, 2.75) is 83.1 Å². The molecule has 3 saturated heterocycles. The molecule has 0 radical (unpaired) electrons. The number of aliphatic hydroxyl groups excluding tert-OH is 1. The third-order valence-corrected chi connectivity index (χ3v) is 8.06. The number of aliphatic hydroxyl groups is 1. The molecule has 3 amide bonds. The lowest BCUT2D eigenvalue weighted by Crippen LogP contribution is -2.60. The van der Waals surface area contributed by atoms with E-state index in [1.54, 1.807) is 22.0 Å². The Morgan fingerprint density at radius 1 is 1.17 bits per heavy atom. The van der Waals surface area contributed by atoms with E-state index in [1.807, 2.05) is 34.6 Å². The average Bonchev–Trinajstić information content (AvgIpc) is 3.40. The van der Waals surface area contributed by atoms with Gasteiger partial charge in [0.15, 0.2) is 0 Å². The van der Waals surface area contributed by atoms with Gasteiger partial charge >= 0.3 is 0 Å². The van der Waals surface area contributed by atoms with E-state index in [0.717, 1.165) is 6.42 Å². The third kappa shape index (κ3) is 4.22. The Morgan fingerprint density at radius 3 is 2.34 bits per heavy atom. The van der Waals surface area contributed by atoms with Crippen molar-refractivity contribution in [1.29, 1.82) is 0 Å². The lowest BCUT2D eigenvalue weighted by Gasteiger charge is -2.42. The Kier molecular flexibility index (Phi) is 7.87. The molecule has 8 nitrogen and oxygen atoms in total. The number of amides is 3. The van der Waals surface area contributed by atoms with Crippen LogP contribution in [0, 0.1) is 11.8 Å². The summed E-state index contributed by atoms with van der Waals surface area (Å²) < 4.78 is 6.79. The van der Waals surface area contributed by atoms with Crippen LogP contribution in [0.25, 0.3) is 0 Å². The van der Waals surface area contributed by atoms with Gasteiger partial charge < -0.3 is 24.5 Å². The zero-order valence-corrected chi connectivity index (χ0v) is 22.1. The Bertz CT molecular complexity index is 867. The average molecular weight is 490 g/mol. The molecule has 0 aromatic carbocycles. The molecule has 1 N–H and O–H groups in total. The number of hydrogen-bond donors (Lipinski definition) is 1. The molecule has 2 bridgehead atoms. The summed E-state index contributed by atoms with van der Waals surface area (Å²) in [6.45, 7) is 18.5. The molecular weight excluding hydrogens is 446 g/mol. The minimum Gasteiger partial charge on any atom is -0.395 e. The molecule has 0 aliphatic carbocycles. The maximum atomic E-state index is 14.2. The molecule has 3 aliphatic heterocycles. The number of rotatable bonds is 11. The Labute approximate surface area is 210 Å². The largest absolute Gasteiger partial charge is 0.395 e. The summed E-state index contributed by atoms with van der Waals surface area (Å²) in [5.74, 6) is -2.02. The molecule has 8 heteroatoms. The molecule has 0 saturated carbocycles. The Hall–Kier alpha value is -2.19. The Morgan fingerprint density at radius 2 is 1.83 bits per heavy atom. The van der Waals surface area contributed by atoms with E-state index in [-0.39, 0.29) is 30.9 Å². The van der Waals surface area contributed by atoms with Crippen molar-refractivity contribution >= 4 is 17.7 Å². The molecule has 196 valence electrons. The van der Waals surface area contributed by atoms with Crippen molar-refractivity contribution in [3.05, 3.63) is 25.3 Å².